The molecule has 0 radical (unpaired) electrons. The highest BCUT2D eigenvalue weighted by Crippen LogP contribution is 2.05. The lowest BCUT2D eigenvalue weighted by Crippen LogP contribution is -2.13. The molecule has 3 heteroatoms. The number of allylic oxidation sites excluding steroid dienone is 4. The van der Waals surface area contributed by atoms with E-state index in [-0.39, 0.29) is 0 Å². The average molecular weight is 271 g/mol. The van der Waals surface area contributed by atoms with Gasteiger partial charge in [0, 0.05) is 26.3 Å². The van der Waals surface area contributed by atoms with Crippen LogP contribution in [0.1, 0.15) is 26.3 Å². The van der Waals surface area contributed by atoms with Gasteiger partial charge in [0.05, 0.1) is 17.6 Å². The van der Waals surface area contributed by atoms with Crippen LogP contribution in [0.15, 0.2) is 58.5 Å². The van der Waals surface area contributed by atoms with Crippen LogP contribution < -0.4 is 5.32 Å². The first-order valence-corrected chi connectivity index (χ1v) is 6.87. The fraction of sp³-hybridized carbons (Fsp3) is 0.353. The second kappa shape index (κ2) is 8.20. The van der Waals surface area contributed by atoms with Crippen LogP contribution in [0.25, 0.3) is 0 Å². The Bertz CT molecular complexity index is 496. The molecule has 0 amide bonds. The van der Waals surface area contributed by atoms with E-state index in [1.165, 1.54) is 5.56 Å². The van der Waals surface area contributed by atoms with E-state index in [4.69, 9.17) is 0 Å². The molecule has 0 unspecified atom stereocenters. The first kappa shape index (κ1) is 16.0. The topological polar surface area (TPSA) is 27.6 Å². The van der Waals surface area contributed by atoms with Gasteiger partial charge in [0.1, 0.15) is 0 Å². The van der Waals surface area contributed by atoms with Crippen LogP contribution in [0, 0.1) is 0 Å². The molecule has 1 aromatic rings. The third kappa shape index (κ3) is 5.31. The van der Waals surface area contributed by atoms with Crippen molar-refractivity contribution in [2.75, 3.05) is 14.1 Å². The molecule has 1 aromatic carbocycles. The second-order valence-corrected chi connectivity index (χ2v) is 4.92. The summed E-state index contributed by atoms with van der Waals surface area (Å²) >= 11 is 0. The van der Waals surface area contributed by atoms with Crippen LogP contribution in [-0.4, -0.2) is 25.2 Å². The van der Waals surface area contributed by atoms with Gasteiger partial charge in [-0.05, 0) is 26.3 Å². The molecule has 0 saturated carbocycles. The van der Waals surface area contributed by atoms with Crippen molar-refractivity contribution in [3.8, 4) is 0 Å². The summed E-state index contributed by atoms with van der Waals surface area (Å²) in [5.74, 6) is 0. The molecule has 0 aliphatic carbocycles. The summed E-state index contributed by atoms with van der Waals surface area (Å²) in [6.45, 7) is 6.91. The second-order valence-electron chi connectivity index (χ2n) is 4.92. The van der Waals surface area contributed by atoms with Gasteiger partial charge in [-0.15, -0.1) is 0 Å². The summed E-state index contributed by atoms with van der Waals surface area (Å²) in [5, 5.41) is 3.40. The summed E-state index contributed by atoms with van der Waals surface area (Å²) in [7, 11) is 4.03. The Hall–Kier alpha value is -2.03. The first-order valence-electron chi connectivity index (χ1n) is 6.87. The number of nitrogens with one attached hydrogen (secondary N) is 1. The maximum atomic E-state index is 4.51. The predicted molar refractivity (Wildman–Crippen MR) is 87.6 cm³/mol. The van der Waals surface area contributed by atoms with E-state index in [0.29, 0.717) is 0 Å². The molecule has 0 heterocycles. The summed E-state index contributed by atoms with van der Waals surface area (Å²) in [4.78, 5) is 6.56. The van der Waals surface area contributed by atoms with E-state index in [0.717, 1.165) is 23.6 Å². The largest absolute Gasteiger partial charge is 0.383 e. The Balaban J connectivity index is 2.63. The molecule has 0 spiro atoms. The monoisotopic (exact) mass is 271 g/mol. The van der Waals surface area contributed by atoms with Gasteiger partial charge >= 0.3 is 0 Å². The number of hydrogen-bond acceptors (Lipinski definition) is 3. The third-order valence-electron chi connectivity index (χ3n) is 3.15. The first-order chi connectivity index (χ1) is 9.54. The van der Waals surface area contributed by atoms with E-state index in [2.05, 4.69) is 41.5 Å². The van der Waals surface area contributed by atoms with Crippen LogP contribution in [0.2, 0.25) is 0 Å². The highest BCUT2D eigenvalue weighted by Gasteiger charge is 1.97. The molecule has 108 valence electrons. The smallest absolute Gasteiger partial charge is 0.0559 e. The molecular weight excluding hydrogens is 246 g/mol. The minimum Gasteiger partial charge on any atom is -0.383 e. The van der Waals surface area contributed by atoms with Gasteiger partial charge in [-0.3, -0.25) is 4.99 Å². The minimum atomic E-state index is 0.823. The zero-order valence-electron chi connectivity index (χ0n) is 13.1. The summed E-state index contributed by atoms with van der Waals surface area (Å²) in [6.07, 6.45) is 3.94. The lowest BCUT2D eigenvalue weighted by Gasteiger charge is -2.12. The fourth-order valence-electron chi connectivity index (χ4n) is 1.67. The standard InChI is InChI=1S/C17H25N3/c1-6-17(20(4)5)13-19-15(3)14(2)18-12-16-10-8-7-9-11-16/h6-11,13,18H,12H2,1-5H3/b15-14+,17-6+,19-13-. The van der Waals surface area contributed by atoms with E-state index in [9.17, 15) is 0 Å². The minimum absolute atomic E-state index is 0.823. The van der Waals surface area contributed by atoms with Gasteiger partial charge in [0.2, 0.25) is 0 Å². The zero-order chi connectivity index (χ0) is 15.0. The van der Waals surface area contributed by atoms with Gasteiger partial charge in [-0.25, -0.2) is 0 Å². The summed E-state index contributed by atoms with van der Waals surface area (Å²) in [5.41, 5.74) is 4.47. The van der Waals surface area contributed by atoms with Crippen molar-refractivity contribution in [2.45, 2.75) is 27.3 Å². The van der Waals surface area contributed by atoms with Gasteiger partial charge in [-0.1, -0.05) is 36.4 Å². The summed E-state index contributed by atoms with van der Waals surface area (Å²) in [6, 6.07) is 10.4. The Labute approximate surface area is 122 Å². The molecule has 0 aromatic heterocycles. The number of aliphatic imine (C=N–C) groups is 1. The van der Waals surface area contributed by atoms with Crippen molar-refractivity contribution in [3.05, 3.63) is 59.1 Å². The van der Waals surface area contributed by atoms with Crippen molar-refractivity contribution in [1.82, 2.24) is 10.2 Å². The SMILES string of the molecule is C\C=C(/C=N\C(C)=C(/C)NCc1ccccc1)N(C)C. The Morgan fingerprint density at radius 1 is 1.20 bits per heavy atom. The van der Waals surface area contributed by atoms with E-state index in [1.807, 2.05) is 51.2 Å². The maximum absolute atomic E-state index is 4.51. The van der Waals surface area contributed by atoms with Crippen molar-refractivity contribution in [1.29, 1.82) is 0 Å². The predicted octanol–water partition coefficient (Wildman–Crippen LogP) is 3.56. The molecule has 20 heavy (non-hydrogen) atoms. The third-order valence-corrected chi connectivity index (χ3v) is 3.15. The van der Waals surface area contributed by atoms with Gasteiger partial charge < -0.3 is 10.2 Å². The molecule has 3 nitrogen and oxygen atoms in total. The van der Waals surface area contributed by atoms with Crippen LogP contribution in [0.5, 0.6) is 0 Å². The number of nitrogens with zero attached hydrogens (tertiary/aromatic N) is 2. The van der Waals surface area contributed by atoms with Crippen LogP contribution in [-0.2, 0) is 6.54 Å². The lowest BCUT2D eigenvalue weighted by atomic mass is 10.2. The van der Waals surface area contributed by atoms with Crippen molar-refractivity contribution >= 4 is 6.21 Å². The molecule has 1 rings (SSSR count). The molecule has 0 aliphatic heterocycles. The quantitative estimate of drug-likeness (QED) is 0.801. The Kier molecular flexibility index (Phi) is 6.57. The zero-order valence-corrected chi connectivity index (χ0v) is 13.1. The molecular formula is C17H25N3. The number of benzene rings is 1. The van der Waals surface area contributed by atoms with Gasteiger partial charge in [-0.2, -0.15) is 0 Å². The van der Waals surface area contributed by atoms with E-state index < -0.39 is 0 Å². The fourth-order valence-corrected chi connectivity index (χ4v) is 1.67. The summed E-state index contributed by atoms with van der Waals surface area (Å²) < 4.78 is 0. The highest BCUT2D eigenvalue weighted by atomic mass is 15.1. The van der Waals surface area contributed by atoms with Crippen LogP contribution in [0.3, 0.4) is 0 Å². The lowest BCUT2D eigenvalue weighted by molar-refractivity contribution is 0.540. The molecule has 0 saturated heterocycles. The average Bonchev–Trinajstić information content (AvgIpc) is 2.45. The number of rotatable bonds is 6. The Morgan fingerprint density at radius 3 is 2.40 bits per heavy atom. The molecule has 0 aliphatic rings. The molecule has 0 bridgehead atoms. The Morgan fingerprint density at radius 2 is 1.85 bits per heavy atom. The van der Waals surface area contributed by atoms with Crippen molar-refractivity contribution in [3.63, 3.8) is 0 Å². The van der Waals surface area contributed by atoms with Gasteiger partial charge in [0.25, 0.3) is 0 Å². The highest BCUT2D eigenvalue weighted by molar-refractivity contribution is 5.78. The van der Waals surface area contributed by atoms with Crippen LogP contribution in [0.4, 0.5) is 0 Å². The van der Waals surface area contributed by atoms with Crippen LogP contribution >= 0.6 is 0 Å². The van der Waals surface area contributed by atoms with Crippen molar-refractivity contribution in [2.24, 2.45) is 4.99 Å². The van der Waals surface area contributed by atoms with Crippen molar-refractivity contribution < 1.29 is 0 Å². The maximum Gasteiger partial charge on any atom is 0.0559 e. The van der Waals surface area contributed by atoms with E-state index in [1.54, 1.807) is 0 Å². The molecule has 0 atom stereocenters. The molecule has 1 N–H and O–H groups in total. The molecule has 0 fully saturated rings. The van der Waals surface area contributed by atoms with E-state index >= 15 is 0 Å². The number of hydrogen-bond donors (Lipinski definition) is 1. The normalized spacial score (nSPS) is 13.3. The van der Waals surface area contributed by atoms with Gasteiger partial charge in [0.15, 0.2) is 0 Å².